The third-order valence-electron chi connectivity index (χ3n) is 4.47. The predicted molar refractivity (Wildman–Crippen MR) is 106 cm³/mol. The van der Waals surface area contributed by atoms with Gasteiger partial charge in [0.05, 0.1) is 11.6 Å². The Kier molecular flexibility index (Phi) is 9.65. The quantitative estimate of drug-likeness (QED) is 0.535. The molecule has 0 aliphatic carbocycles. The molecule has 0 radical (unpaired) electrons. The summed E-state index contributed by atoms with van der Waals surface area (Å²) in [5, 5.41) is 22.1. The molecule has 3 rings (SSSR count). The Morgan fingerprint density at radius 2 is 1.79 bits per heavy atom. The van der Waals surface area contributed by atoms with E-state index in [0.29, 0.717) is 23.7 Å². The van der Waals surface area contributed by atoms with E-state index < -0.39 is 0 Å². The number of nitrogen functional groups attached to an aromatic ring is 1. The van der Waals surface area contributed by atoms with Crippen LogP contribution in [0.15, 0.2) is 6.20 Å². The van der Waals surface area contributed by atoms with Crippen LogP contribution >= 0.6 is 0 Å². The molecule has 2 aromatic heterocycles. The van der Waals surface area contributed by atoms with Crippen molar-refractivity contribution in [1.82, 2.24) is 24.6 Å². The van der Waals surface area contributed by atoms with Gasteiger partial charge in [-0.15, -0.1) is 0 Å². The standard InChI is InChI=1S/C15H25N7.2CH2O2/c1-10(2)12(22-6-4-5-7-22)9-17-15-19-13(16)11-8-18-21(3)14(11)20-15;2*2-1-3/h8,10,12H,4-7,9H2,1-3H3,(H3,16,17,19,20);2*1H,(H,2,3). The van der Waals surface area contributed by atoms with Gasteiger partial charge in [-0.3, -0.25) is 19.2 Å². The zero-order valence-electron chi connectivity index (χ0n) is 16.4. The van der Waals surface area contributed by atoms with Crippen LogP contribution in [0.25, 0.3) is 11.0 Å². The first-order chi connectivity index (χ1) is 13.4. The van der Waals surface area contributed by atoms with Crippen LogP contribution in [-0.2, 0) is 16.6 Å². The Bertz CT molecular complexity index is 738. The summed E-state index contributed by atoms with van der Waals surface area (Å²) in [6, 6.07) is 0.495. The maximum atomic E-state index is 8.36. The fourth-order valence-corrected chi connectivity index (χ4v) is 3.18. The molecule has 1 atom stereocenters. The molecule has 28 heavy (non-hydrogen) atoms. The Morgan fingerprint density at radius 1 is 1.21 bits per heavy atom. The van der Waals surface area contributed by atoms with Gasteiger partial charge in [0.25, 0.3) is 12.9 Å². The van der Waals surface area contributed by atoms with E-state index in [4.69, 9.17) is 25.5 Å². The second kappa shape index (κ2) is 11.7. The molecule has 3 heterocycles. The fraction of sp³-hybridized carbons (Fsp3) is 0.588. The van der Waals surface area contributed by atoms with Crippen molar-refractivity contribution >= 4 is 35.7 Å². The molecular weight excluding hydrogens is 366 g/mol. The van der Waals surface area contributed by atoms with Gasteiger partial charge in [0.15, 0.2) is 5.65 Å². The van der Waals surface area contributed by atoms with Gasteiger partial charge in [0.1, 0.15) is 5.82 Å². The smallest absolute Gasteiger partial charge is 0.290 e. The third kappa shape index (κ3) is 6.34. The van der Waals surface area contributed by atoms with Crippen LogP contribution in [0.4, 0.5) is 11.8 Å². The minimum absolute atomic E-state index is 0.250. The summed E-state index contributed by atoms with van der Waals surface area (Å²) in [6.45, 7) is 7.25. The van der Waals surface area contributed by atoms with Gasteiger partial charge in [0, 0.05) is 19.6 Å². The van der Waals surface area contributed by atoms with Crippen molar-refractivity contribution < 1.29 is 19.8 Å². The summed E-state index contributed by atoms with van der Waals surface area (Å²) in [7, 11) is 1.86. The third-order valence-corrected chi connectivity index (χ3v) is 4.47. The van der Waals surface area contributed by atoms with Crippen molar-refractivity contribution in [3.05, 3.63) is 6.20 Å². The maximum absolute atomic E-state index is 8.36. The molecule has 0 bridgehead atoms. The van der Waals surface area contributed by atoms with Gasteiger partial charge in [-0.2, -0.15) is 15.1 Å². The summed E-state index contributed by atoms with van der Waals surface area (Å²) in [5.41, 5.74) is 6.77. The number of rotatable bonds is 5. The lowest BCUT2D eigenvalue weighted by molar-refractivity contribution is -0.123. The van der Waals surface area contributed by atoms with Crippen LogP contribution in [0.1, 0.15) is 26.7 Å². The SMILES string of the molecule is CC(C)C(CNc1nc(N)c2cnn(C)c2n1)N1CCCC1.O=CO.O=CO. The molecule has 0 aromatic carbocycles. The second-order valence-corrected chi connectivity index (χ2v) is 6.58. The molecule has 1 aliphatic heterocycles. The summed E-state index contributed by atoms with van der Waals surface area (Å²) in [4.78, 5) is 28.2. The van der Waals surface area contributed by atoms with E-state index in [-0.39, 0.29) is 12.9 Å². The van der Waals surface area contributed by atoms with Crippen LogP contribution in [0.5, 0.6) is 0 Å². The van der Waals surface area contributed by atoms with Crippen molar-refractivity contribution in [2.24, 2.45) is 13.0 Å². The van der Waals surface area contributed by atoms with Crippen molar-refractivity contribution in [3.63, 3.8) is 0 Å². The first-order valence-electron chi connectivity index (χ1n) is 8.98. The zero-order valence-corrected chi connectivity index (χ0v) is 16.4. The van der Waals surface area contributed by atoms with E-state index >= 15 is 0 Å². The highest BCUT2D eigenvalue weighted by Gasteiger charge is 2.24. The zero-order chi connectivity index (χ0) is 21.1. The topological polar surface area (TPSA) is 159 Å². The Labute approximate surface area is 163 Å². The highest BCUT2D eigenvalue weighted by molar-refractivity contribution is 5.86. The van der Waals surface area contributed by atoms with Crippen LogP contribution in [0, 0.1) is 5.92 Å². The van der Waals surface area contributed by atoms with Crippen molar-refractivity contribution in [2.75, 3.05) is 30.7 Å². The lowest BCUT2D eigenvalue weighted by Crippen LogP contribution is -2.42. The number of hydrogen-bond acceptors (Lipinski definition) is 8. The fourth-order valence-electron chi connectivity index (χ4n) is 3.18. The summed E-state index contributed by atoms with van der Waals surface area (Å²) in [6.07, 6.45) is 4.30. The largest absolute Gasteiger partial charge is 0.483 e. The molecule has 1 fully saturated rings. The number of carbonyl (C=O) groups is 2. The minimum atomic E-state index is -0.250. The highest BCUT2D eigenvalue weighted by atomic mass is 16.3. The first kappa shape index (κ1) is 23.1. The Hall–Kier alpha value is -2.95. The molecule has 1 unspecified atom stereocenters. The number of likely N-dealkylation sites (tertiary alicyclic amines) is 1. The normalized spacial score (nSPS) is 14.6. The van der Waals surface area contributed by atoms with E-state index in [1.54, 1.807) is 10.9 Å². The van der Waals surface area contributed by atoms with Gasteiger partial charge >= 0.3 is 0 Å². The molecule has 1 aliphatic rings. The number of hydrogen-bond donors (Lipinski definition) is 4. The molecule has 11 heteroatoms. The van der Waals surface area contributed by atoms with Gasteiger partial charge in [-0.1, -0.05) is 13.8 Å². The highest BCUT2D eigenvalue weighted by Crippen LogP contribution is 2.20. The summed E-state index contributed by atoms with van der Waals surface area (Å²) in [5.74, 6) is 1.64. The molecule has 11 nitrogen and oxygen atoms in total. The summed E-state index contributed by atoms with van der Waals surface area (Å²) < 4.78 is 1.72. The van der Waals surface area contributed by atoms with Crippen LogP contribution in [-0.4, -0.2) is 73.5 Å². The van der Waals surface area contributed by atoms with Gasteiger partial charge in [0.2, 0.25) is 5.95 Å². The number of carboxylic acid groups (broad SMARTS) is 2. The van der Waals surface area contributed by atoms with Gasteiger partial charge in [-0.25, -0.2) is 0 Å². The molecule has 0 amide bonds. The van der Waals surface area contributed by atoms with E-state index in [1.165, 1.54) is 25.9 Å². The lowest BCUT2D eigenvalue weighted by Gasteiger charge is -2.31. The van der Waals surface area contributed by atoms with E-state index in [0.717, 1.165) is 17.6 Å². The van der Waals surface area contributed by atoms with Gasteiger partial charge in [-0.05, 0) is 31.8 Å². The average Bonchev–Trinajstić information content (AvgIpc) is 3.27. The number of aromatic nitrogens is 4. The van der Waals surface area contributed by atoms with E-state index in [2.05, 4.69) is 39.1 Å². The minimum Gasteiger partial charge on any atom is -0.483 e. The van der Waals surface area contributed by atoms with Crippen LogP contribution in [0.3, 0.4) is 0 Å². The average molecular weight is 395 g/mol. The number of nitrogens with zero attached hydrogens (tertiary/aromatic N) is 5. The molecule has 0 spiro atoms. The summed E-state index contributed by atoms with van der Waals surface area (Å²) >= 11 is 0. The lowest BCUT2D eigenvalue weighted by atomic mass is 10.0. The van der Waals surface area contributed by atoms with Crippen molar-refractivity contribution in [3.8, 4) is 0 Å². The van der Waals surface area contributed by atoms with Crippen molar-refractivity contribution in [1.29, 1.82) is 0 Å². The Morgan fingerprint density at radius 3 is 2.32 bits per heavy atom. The van der Waals surface area contributed by atoms with Crippen molar-refractivity contribution in [2.45, 2.75) is 32.7 Å². The number of aryl methyl sites for hydroxylation is 1. The van der Waals surface area contributed by atoms with Gasteiger partial charge < -0.3 is 21.3 Å². The monoisotopic (exact) mass is 395 g/mol. The molecular formula is C17H29N7O4. The molecule has 1 saturated heterocycles. The molecule has 0 saturated carbocycles. The van der Waals surface area contributed by atoms with Crippen LogP contribution in [0.2, 0.25) is 0 Å². The number of nitrogens with two attached hydrogens (primary N) is 1. The molecule has 156 valence electrons. The number of fused-ring (bicyclic) bond motifs is 1. The van der Waals surface area contributed by atoms with Crippen LogP contribution < -0.4 is 11.1 Å². The maximum Gasteiger partial charge on any atom is 0.290 e. The molecule has 2 aromatic rings. The van der Waals surface area contributed by atoms with E-state index in [1.807, 2.05) is 7.05 Å². The molecule has 5 N–H and O–H groups in total. The number of anilines is 2. The predicted octanol–water partition coefficient (Wildman–Crippen LogP) is 0.879. The second-order valence-electron chi connectivity index (χ2n) is 6.58. The first-order valence-corrected chi connectivity index (χ1v) is 8.98. The Balaban J connectivity index is 0.000000582. The van der Waals surface area contributed by atoms with E-state index in [9.17, 15) is 0 Å². The number of nitrogens with one attached hydrogen (secondary N) is 1.